The lowest BCUT2D eigenvalue weighted by Crippen LogP contribution is -2.23. The average molecular weight is 362 g/mol. The van der Waals surface area contributed by atoms with Crippen LogP contribution in [0.15, 0.2) is 65.6 Å². The number of aryl methyl sites for hydroxylation is 2. The Kier molecular flexibility index (Phi) is 5.41. The Balaban J connectivity index is 1.86. The van der Waals surface area contributed by atoms with Crippen LogP contribution in [-0.4, -0.2) is 17.6 Å². The molecule has 3 aromatic rings. The summed E-state index contributed by atoms with van der Waals surface area (Å²) in [4.78, 5) is 24.9. The fourth-order valence-corrected chi connectivity index (χ4v) is 2.95. The van der Waals surface area contributed by atoms with Gasteiger partial charge in [-0.05, 0) is 48.7 Å². The molecule has 1 heterocycles. The molecule has 1 aromatic heterocycles. The zero-order chi connectivity index (χ0) is 19.4. The van der Waals surface area contributed by atoms with Crippen LogP contribution >= 0.6 is 0 Å². The number of carbonyl (C=O) groups is 1. The molecule has 0 aliphatic carbocycles. The van der Waals surface area contributed by atoms with Crippen LogP contribution in [0.5, 0.6) is 5.75 Å². The van der Waals surface area contributed by atoms with Crippen LogP contribution in [0.4, 0.5) is 5.69 Å². The number of para-hydroxylation sites is 1. The van der Waals surface area contributed by atoms with E-state index in [2.05, 4.69) is 5.32 Å². The Labute approximate surface area is 158 Å². The molecule has 0 atom stereocenters. The molecule has 0 spiro atoms. The first-order chi connectivity index (χ1) is 13.0. The Morgan fingerprint density at radius 2 is 1.74 bits per heavy atom. The number of anilines is 1. The second-order valence-corrected chi connectivity index (χ2v) is 6.46. The van der Waals surface area contributed by atoms with Gasteiger partial charge in [0.1, 0.15) is 5.75 Å². The topological polar surface area (TPSA) is 60.3 Å². The fraction of sp³-hybridized carbons (Fsp3) is 0.182. The molecule has 0 aliphatic rings. The summed E-state index contributed by atoms with van der Waals surface area (Å²) < 4.78 is 6.74. The highest BCUT2D eigenvalue weighted by Gasteiger charge is 2.11. The van der Waals surface area contributed by atoms with Gasteiger partial charge in [0.2, 0.25) is 0 Å². The fourth-order valence-electron chi connectivity index (χ4n) is 2.95. The van der Waals surface area contributed by atoms with Gasteiger partial charge in [-0.2, -0.15) is 0 Å². The first-order valence-corrected chi connectivity index (χ1v) is 8.69. The number of aromatic nitrogens is 1. The largest absolute Gasteiger partial charge is 0.497 e. The predicted molar refractivity (Wildman–Crippen MR) is 107 cm³/mol. The van der Waals surface area contributed by atoms with Crippen molar-refractivity contribution in [2.24, 2.45) is 0 Å². The third-order valence-corrected chi connectivity index (χ3v) is 4.45. The quantitative estimate of drug-likeness (QED) is 0.751. The molecule has 0 aliphatic heterocycles. The van der Waals surface area contributed by atoms with E-state index < -0.39 is 0 Å². The summed E-state index contributed by atoms with van der Waals surface area (Å²) in [7, 11) is 1.60. The number of rotatable bonds is 5. The highest BCUT2D eigenvalue weighted by Crippen LogP contribution is 2.20. The first kappa shape index (κ1) is 18.5. The van der Waals surface area contributed by atoms with Crippen molar-refractivity contribution in [3.8, 4) is 5.75 Å². The van der Waals surface area contributed by atoms with Crippen molar-refractivity contribution in [1.29, 1.82) is 0 Å². The predicted octanol–water partition coefficient (Wildman–Crippen LogP) is 3.77. The summed E-state index contributed by atoms with van der Waals surface area (Å²) >= 11 is 0. The monoisotopic (exact) mass is 362 g/mol. The van der Waals surface area contributed by atoms with Crippen molar-refractivity contribution in [1.82, 2.24) is 4.57 Å². The van der Waals surface area contributed by atoms with Gasteiger partial charge in [-0.15, -0.1) is 0 Å². The van der Waals surface area contributed by atoms with Gasteiger partial charge in [0.25, 0.3) is 11.5 Å². The lowest BCUT2D eigenvalue weighted by molar-refractivity contribution is 0.102. The molecule has 0 radical (unpaired) electrons. The summed E-state index contributed by atoms with van der Waals surface area (Å²) in [5.41, 5.74) is 3.97. The van der Waals surface area contributed by atoms with Crippen molar-refractivity contribution in [2.75, 3.05) is 12.4 Å². The molecular weight excluding hydrogens is 340 g/mol. The minimum atomic E-state index is -0.244. The number of hydrogen-bond acceptors (Lipinski definition) is 3. The summed E-state index contributed by atoms with van der Waals surface area (Å²) in [5, 5.41) is 2.95. The molecule has 0 fully saturated rings. The van der Waals surface area contributed by atoms with E-state index in [1.54, 1.807) is 19.4 Å². The lowest BCUT2D eigenvalue weighted by atomic mass is 10.1. The van der Waals surface area contributed by atoms with E-state index in [-0.39, 0.29) is 11.5 Å². The van der Waals surface area contributed by atoms with E-state index in [1.807, 2.05) is 56.3 Å². The van der Waals surface area contributed by atoms with Gasteiger partial charge < -0.3 is 14.6 Å². The zero-order valence-electron chi connectivity index (χ0n) is 15.7. The summed E-state index contributed by atoms with van der Waals surface area (Å²) in [6, 6.07) is 16.3. The molecule has 0 unspecified atom stereocenters. The zero-order valence-corrected chi connectivity index (χ0v) is 15.7. The Morgan fingerprint density at radius 3 is 2.44 bits per heavy atom. The third-order valence-electron chi connectivity index (χ3n) is 4.45. The highest BCUT2D eigenvalue weighted by atomic mass is 16.5. The van der Waals surface area contributed by atoms with Gasteiger partial charge in [0, 0.05) is 18.0 Å². The van der Waals surface area contributed by atoms with Crippen LogP contribution < -0.4 is 15.6 Å². The molecular formula is C22H22N2O3. The standard InChI is InChI=1S/C22H22N2O3/c1-15-6-4-7-16(2)21(15)23-22(26)18-10-11-20(25)24(14-18)13-17-8-5-9-19(12-17)27-3/h4-12,14H,13H2,1-3H3,(H,23,26). The number of benzene rings is 2. The van der Waals surface area contributed by atoms with Crippen molar-refractivity contribution in [3.63, 3.8) is 0 Å². The molecule has 5 nitrogen and oxygen atoms in total. The van der Waals surface area contributed by atoms with Crippen molar-refractivity contribution in [3.05, 3.63) is 93.4 Å². The van der Waals surface area contributed by atoms with Gasteiger partial charge in [-0.3, -0.25) is 9.59 Å². The maximum atomic E-state index is 12.7. The molecule has 138 valence electrons. The minimum absolute atomic E-state index is 0.165. The summed E-state index contributed by atoms with van der Waals surface area (Å²) in [6.07, 6.45) is 1.59. The van der Waals surface area contributed by atoms with Crippen molar-refractivity contribution >= 4 is 11.6 Å². The summed E-state index contributed by atoms with van der Waals surface area (Å²) in [6.45, 7) is 4.26. The van der Waals surface area contributed by atoms with Crippen LogP contribution in [0.25, 0.3) is 0 Å². The Hall–Kier alpha value is -3.34. The maximum absolute atomic E-state index is 12.7. The van der Waals surface area contributed by atoms with Crippen LogP contribution in [0.1, 0.15) is 27.0 Å². The van der Waals surface area contributed by atoms with E-state index in [0.717, 1.165) is 28.1 Å². The molecule has 2 aromatic carbocycles. The lowest BCUT2D eigenvalue weighted by Gasteiger charge is -2.13. The second-order valence-electron chi connectivity index (χ2n) is 6.46. The van der Waals surface area contributed by atoms with Gasteiger partial charge in [0.15, 0.2) is 0 Å². The number of amides is 1. The second kappa shape index (κ2) is 7.91. The molecule has 0 saturated heterocycles. The number of nitrogens with one attached hydrogen (secondary N) is 1. The number of hydrogen-bond donors (Lipinski definition) is 1. The Bertz CT molecular complexity index is 1020. The number of nitrogens with zero attached hydrogens (tertiary/aromatic N) is 1. The van der Waals surface area contributed by atoms with Crippen LogP contribution in [0.2, 0.25) is 0 Å². The SMILES string of the molecule is COc1cccc(Cn2cc(C(=O)Nc3c(C)cccc3C)ccc2=O)c1. The van der Waals surface area contributed by atoms with Crippen LogP contribution in [-0.2, 0) is 6.54 Å². The van der Waals surface area contributed by atoms with E-state index >= 15 is 0 Å². The Morgan fingerprint density at radius 1 is 1.04 bits per heavy atom. The van der Waals surface area contributed by atoms with Crippen LogP contribution in [0.3, 0.4) is 0 Å². The maximum Gasteiger partial charge on any atom is 0.257 e. The normalized spacial score (nSPS) is 10.5. The number of methoxy groups -OCH3 is 1. The van der Waals surface area contributed by atoms with E-state index in [9.17, 15) is 9.59 Å². The summed E-state index contributed by atoms with van der Waals surface area (Å²) in [5.74, 6) is 0.483. The van der Waals surface area contributed by atoms with E-state index in [0.29, 0.717) is 12.1 Å². The molecule has 5 heteroatoms. The minimum Gasteiger partial charge on any atom is -0.497 e. The number of ether oxygens (including phenoxy) is 1. The molecule has 27 heavy (non-hydrogen) atoms. The van der Waals surface area contributed by atoms with Crippen molar-refractivity contribution in [2.45, 2.75) is 20.4 Å². The third kappa shape index (κ3) is 4.26. The molecule has 3 rings (SSSR count). The van der Waals surface area contributed by atoms with Crippen LogP contribution in [0, 0.1) is 13.8 Å². The van der Waals surface area contributed by atoms with E-state index in [4.69, 9.17) is 4.74 Å². The molecule has 0 bridgehead atoms. The smallest absolute Gasteiger partial charge is 0.257 e. The molecule has 1 amide bonds. The van der Waals surface area contributed by atoms with Gasteiger partial charge in [-0.25, -0.2) is 0 Å². The first-order valence-electron chi connectivity index (χ1n) is 8.69. The van der Waals surface area contributed by atoms with Crippen molar-refractivity contribution < 1.29 is 9.53 Å². The van der Waals surface area contributed by atoms with Gasteiger partial charge >= 0.3 is 0 Å². The number of pyridine rings is 1. The highest BCUT2D eigenvalue weighted by molar-refractivity contribution is 6.04. The van der Waals surface area contributed by atoms with Gasteiger partial charge in [-0.1, -0.05) is 30.3 Å². The average Bonchev–Trinajstić information content (AvgIpc) is 2.66. The van der Waals surface area contributed by atoms with E-state index in [1.165, 1.54) is 10.6 Å². The molecule has 0 saturated carbocycles. The van der Waals surface area contributed by atoms with Gasteiger partial charge in [0.05, 0.1) is 19.2 Å². The molecule has 1 N–H and O–H groups in total. The number of carbonyl (C=O) groups excluding carboxylic acids is 1.